The van der Waals surface area contributed by atoms with E-state index in [9.17, 15) is 14.7 Å². The van der Waals surface area contributed by atoms with Gasteiger partial charge >= 0.3 is 0 Å². The Kier molecular flexibility index (Phi) is 7.10. The summed E-state index contributed by atoms with van der Waals surface area (Å²) in [6.07, 6.45) is 1.43. The second-order valence-electron chi connectivity index (χ2n) is 8.84. The first kappa shape index (κ1) is 25.2. The van der Waals surface area contributed by atoms with E-state index in [0.717, 1.165) is 0 Å². The average Bonchev–Trinajstić information content (AvgIpc) is 2.99. The summed E-state index contributed by atoms with van der Waals surface area (Å²) in [6.45, 7) is 3.08. The lowest BCUT2D eigenvalue weighted by Gasteiger charge is -2.20. The molecule has 0 bridgehead atoms. The minimum atomic E-state index is -1.14. The summed E-state index contributed by atoms with van der Waals surface area (Å²) >= 11 is 0. The molecule has 4 rings (SSSR count). The maximum Gasteiger partial charge on any atom is 0.270 e. The number of nitrogens with one attached hydrogen (secondary N) is 1. The Hall–Kier alpha value is -4.86. The number of hydrogen-bond acceptors (Lipinski definition) is 7. The Labute approximate surface area is 214 Å². The molecule has 2 N–H and O–H groups in total. The fourth-order valence-corrected chi connectivity index (χ4v) is 3.47. The van der Waals surface area contributed by atoms with Crippen LogP contribution in [0.4, 0.5) is 5.69 Å². The molecule has 3 aromatic rings. The molecule has 9 nitrogen and oxygen atoms in total. The summed E-state index contributed by atoms with van der Waals surface area (Å²) in [7, 11) is 1.60. The van der Waals surface area contributed by atoms with Gasteiger partial charge in [0.05, 0.1) is 17.3 Å². The van der Waals surface area contributed by atoms with E-state index in [-0.39, 0.29) is 18.2 Å². The SMILES string of the molecule is CN1C(=O)[C@H](NC(=O)c2cc(Oc3ccc(C#N)cc3)ccn2)COc2cc(C#CC(C)(C)O)ccc21. The Morgan fingerprint density at radius 1 is 1.16 bits per heavy atom. The highest BCUT2D eigenvalue weighted by Gasteiger charge is 2.31. The van der Waals surface area contributed by atoms with Crippen LogP contribution in [0.15, 0.2) is 60.8 Å². The van der Waals surface area contributed by atoms with Gasteiger partial charge in [0, 0.05) is 24.9 Å². The highest BCUT2D eigenvalue weighted by atomic mass is 16.5. The number of nitriles is 1. The summed E-state index contributed by atoms with van der Waals surface area (Å²) in [6, 6.07) is 15.8. The summed E-state index contributed by atoms with van der Waals surface area (Å²) in [5.41, 5.74) is 0.572. The molecule has 9 heteroatoms. The fraction of sp³-hybridized carbons (Fsp3) is 0.214. The summed E-state index contributed by atoms with van der Waals surface area (Å²) < 4.78 is 11.6. The molecule has 1 aliphatic heterocycles. The first-order valence-corrected chi connectivity index (χ1v) is 11.4. The number of ether oxygens (including phenoxy) is 2. The van der Waals surface area contributed by atoms with Crippen molar-refractivity contribution in [2.24, 2.45) is 0 Å². The zero-order valence-corrected chi connectivity index (χ0v) is 20.5. The predicted octanol–water partition coefficient (Wildman–Crippen LogP) is 3.02. The number of carbonyl (C=O) groups is 2. The molecule has 37 heavy (non-hydrogen) atoms. The Morgan fingerprint density at radius 2 is 1.89 bits per heavy atom. The van der Waals surface area contributed by atoms with Crippen LogP contribution in [-0.2, 0) is 4.79 Å². The number of aliphatic hydroxyl groups is 1. The molecule has 0 aliphatic carbocycles. The van der Waals surface area contributed by atoms with E-state index >= 15 is 0 Å². The summed E-state index contributed by atoms with van der Waals surface area (Å²) in [4.78, 5) is 31.5. The molecule has 0 radical (unpaired) electrons. The van der Waals surface area contributed by atoms with Crippen LogP contribution in [0, 0.1) is 23.2 Å². The molecule has 1 aliphatic rings. The van der Waals surface area contributed by atoms with E-state index in [0.29, 0.717) is 34.1 Å². The number of rotatable bonds is 4. The van der Waals surface area contributed by atoms with Gasteiger partial charge in [-0.15, -0.1) is 0 Å². The quantitative estimate of drug-likeness (QED) is 0.532. The van der Waals surface area contributed by atoms with Gasteiger partial charge in [-0.05, 0) is 62.4 Å². The second kappa shape index (κ2) is 10.4. The van der Waals surface area contributed by atoms with E-state index in [1.807, 2.05) is 6.07 Å². The Bertz CT molecular complexity index is 1440. The number of likely N-dealkylation sites (N-methyl/N-ethyl adjacent to an activating group) is 1. The minimum absolute atomic E-state index is 0.0625. The third-order valence-electron chi connectivity index (χ3n) is 5.36. The molecular weight excluding hydrogens is 472 g/mol. The van der Waals surface area contributed by atoms with E-state index in [1.54, 1.807) is 69.4 Å². The number of carbonyl (C=O) groups excluding carboxylic acids is 2. The number of hydrogen-bond donors (Lipinski definition) is 2. The van der Waals surface area contributed by atoms with Crippen LogP contribution < -0.4 is 19.7 Å². The number of aromatic nitrogens is 1. The van der Waals surface area contributed by atoms with Gasteiger partial charge in [-0.25, -0.2) is 0 Å². The van der Waals surface area contributed by atoms with Gasteiger partial charge in [-0.2, -0.15) is 5.26 Å². The molecule has 1 aromatic heterocycles. The maximum atomic E-state index is 13.1. The van der Waals surface area contributed by atoms with Crippen LogP contribution in [0.5, 0.6) is 17.2 Å². The monoisotopic (exact) mass is 496 g/mol. The number of benzene rings is 2. The van der Waals surface area contributed by atoms with Gasteiger partial charge in [0.1, 0.15) is 41.2 Å². The third-order valence-corrected chi connectivity index (χ3v) is 5.36. The van der Waals surface area contributed by atoms with Gasteiger partial charge in [-0.1, -0.05) is 11.8 Å². The maximum absolute atomic E-state index is 13.1. The van der Waals surface area contributed by atoms with Crippen molar-refractivity contribution in [3.8, 4) is 35.2 Å². The Balaban J connectivity index is 1.47. The molecular formula is C28H24N4O5. The van der Waals surface area contributed by atoms with Gasteiger partial charge in [0.2, 0.25) is 0 Å². The van der Waals surface area contributed by atoms with E-state index in [2.05, 4.69) is 22.1 Å². The molecule has 1 atom stereocenters. The van der Waals surface area contributed by atoms with Crippen molar-refractivity contribution in [3.05, 3.63) is 77.6 Å². The number of anilines is 1. The van der Waals surface area contributed by atoms with Crippen molar-refractivity contribution in [2.45, 2.75) is 25.5 Å². The number of amides is 2. The molecule has 2 amide bonds. The topological polar surface area (TPSA) is 125 Å². The number of fused-ring (bicyclic) bond motifs is 1. The minimum Gasteiger partial charge on any atom is -0.489 e. The molecule has 0 saturated heterocycles. The molecule has 0 unspecified atom stereocenters. The van der Waals surface area contributed by atoms with Crippen LogP contribution in [0.25, 0.3) is 0 Å². The van der Waals surface area contributed by atoms with Gasteiger partial charge < -0.3 is 24.8 Å². The zero-order chi connectivity index (χ0) is 26.6. The summed E-state index contributed by atoms with van der Waals surface area (Å²) in [5.74, 6) is 6.01. The molecule has 186 valence electrons. The van der Waals surface area contributed by atoms with Crippen molar-refractivity contribution in [1.82, 2.24) is 10.3 Å². The van der Waals surface area contributed by atoms with Crippen molar-refractivity contribution in [2.75, 3.05) is 18.6 Å². The predicted molar refractivity (Wildman–Crippen MR) is 135 cm³/mol. The lowest BCUT2D eigenvalue weighted by Crippen LogP contribution is -2.49. The number of nitrogens with zero attached hydrogens (tertiary/aromatic N) is 3. The molecule has 0 saturated carbocycles. The van der Waals surface area contributed by atoms with Crippen LogP contribution in [-0.4, -0.2) is 47.2 Å². The van der Waals surface area contributed by atoms with Crippen molar-refractivity contribution in [1.29, 1.82) is 5.26 Å². The van der Waals surface area contributed by atoms with Crippen LogP contribution in [0.2, 0.25) is 0 Å². The first-order valence-electron chi connectivity index (χ1n) is 11.4. The van der Waals surface area contributed by atoms with Crippen LogP contribution in [0.3, 0.4) is 0 Å². The van der Waals surface area contributed by atoms with Crippen molar-refractivity contribution >= 4 is 17.5 Å². The Morgan fingerprint density at radius 3 is 2.59 bits per heavy atom. The van der Waals surface area contributed by atoms with Crippen molar-refractivity contribution in [3.63, 3.8) is 0 Å². The lowest BCUT2D eigenvalue weighted by molar-refractivity contribution is -0.120. The van der Waals surface area contributed by atoms with Gasteiger partial charge in [0.25, 0.3) is 11.8 Å². The van der Waals surface area contributed by atoms with E-state index in [1.165, 1.54) is 17.2 Å². The molecule has 0 fully saturated rings. The van der Waals surface area contributed by atoms with Crippen LogP contribution >= 0.6 is 0 Å². The largest absolute Gasteiger partial charge is 0.489 e. The number of pyridine rings is 1. The third kappa shape index (κ3) is 6.23. The lowest BCUT2D eigenvalue weighted by atomic mass is 10.1. The van der Waals surface area contributed by atoms with Gasteiger partial charge in [0.15, 0.2) is 0 Å². The smallest absolute Gasteiger partial charge is 0.270 e. The standard InChI is InChI=1S/C28H24N4O5/c1-28(2,35)12-10-18-6-9-24-25(14-18)36-17-23(27(34)32(24)3)31-26(33)22-15-21(11-13-30-22)37-20-7-4-19(16-29)5-8-20/h4-9,11,13-15,23,35H,17H2,1-3H3,(H,31,33)/t23-/m1/s1. The second-order valence-corrected chi connectivity index (χ2v) is 8.84. The fourth-order valence-electron chi connectivity index (χ4n) is 3.47. The molecule has 0 spiro atoms. The molecule has 2 heterocycles. The molecule has 2 aromatic carbocycles. The highest BCUT2D eigenvalue weighted by molar-refractivity contribution is 6.03. The normalized spacial score (nSPS) is 14.7. The van der Waals surface area contributed by atoms with Gasteiger partial charge in [-0.3, -0.25) is 14.6 Å². The van der Waals surface area contributed by atoms with Crippen LogP contribution in [0.1, 0.15) is 35.5 Å². The summed E-state index contributed by atoms with van der Waals surface area (Å²) in [5, 5.41) is 21.4. The van der Waals surface area contributed by atoms with E-state index < -0.39 is 17.6 Å². The zero-order valence-electron chi connectivity index (χ0n) is 20.5. The van der Waals surface area contributed by atoms with Crippen molar-refractivity contribution < 1.29 is 24.2 Å². The highest BCUT2D eigenvalue weighted by Crippen LogP contribution is 2.31. The van der Waals surface area contributed by atoms with E-state index in [4.69, 9.17) is 14.7 Å². The average molecular weight is 497 g/mol. The first-order chi connectivity index (χ1) is 17.6.